The van der Waals surface area contributed by atoms with E-state index in [-0.39, 0.29) is 16.8 Å². The molecular formula is C42H45NO24. The summed E-state index contributed by atoms with van der Waals surface area (Å²) in [5.74, 6) is -6.08. The van der Waals surface area contributed by atoms with Crippen molar-refractivity contribution in [3.05, 3.63) is 70.4 Å². The van der Waals surface area contributed by atoms with E-state index in [9.17, 15) is 80.8 Å². The summed E-state index contributed by atoms with van der Waals surface area (Å²) in [6, 6.07) is 11.0. The lowest BCUT2D eigenvalue weighted by atomic mass is 9.92. The number of fused-ring (bicyclic) bond motifs is 2. The standard InChI is InChI=1S/C42H45NO24/c44-11-23-28(51)32(55)37(67-38-33(56)27(50)20(48)12-61-38)40(64-23)66-36-30(53)26-19(47)8-15(45)9-22(26)62-35(36)14-5-6-18(46)21(7-14)63-39-34(57)31(54)29(52)24(65-39)13-60-25(49)10-42(59)16-3-1-2-4-17(16)43-41(42)58/h1-9,20,23-24,27-29,31-34,37-40,44-48,50-52,54-57,59H,10-13H2,(H,43,58). The van der Waals surface area contributed by atoms with E-state index in [0.717, 1.165) is 30.3 Å². The molecule has 15 atom stereocenters. The van der Waals surface area contributed by atoms with E-state index in [1.165, 1.54) is 18.2 Å². The Bertz CT molecular complexity index is 2550. The van der Waals surface area contributed by atoms with Crippen LogP contribution in [0.3, 0.4) is 0 Å². The summed E-state index contributed by atoms with van der Waals surface area (Å²) < 4.78 is 45.2. The number of aliphatic hydroxyl groups is 10. The molecule has 0 saturated carbocycles. The van der Waals surface area contributed by atoms with Gasteiger partial charge in [0.2, 0.25) is 23.8 Å². The first-order chi connectivity index (χ1) is 31.8. The molecule has 0 bridgehead atoms. The second kappa shape index (κ2) is 18.7. The average molecular weight is 948 g/mol. The molecule has 1 aromatic heterocycles. The Kier molecular flexibility index (Phi) is 13.3. The van der Waals surface area contributed by atoms with Crippen LogP contribution in [0.15, 0.2) is 63.8 Å². The van der Waals surface area contributed by atoms with Crippen molar-refractivity contribution in [2.24, 2.45) is 0 Å². The zero-order valence-electron chi connectivity index (χ0n) is 34.4. The molecule has 15 unspecified atom stereocenters. The van der Waals surface area contributed by atoms with Crippen LogP contribution in [0.2, 0.25) is 0 Å². The minimum Gasteiger partial charge on any atom is -0.508 e. The number of carbonyl (C=O) groups excluding carboxylic acids is 2. The Morgan fingerprint density at radius 1 is 0.761 bits per heavy atom. The number of aliphatic hydroxyl groups excluding tert-OH is 9. The highest BCUT2D eigenvalue weighted by Gasteiger charge is 2.52. The van der Waals surface area contributed by atoms with Gasteiger partial charge in [-0.2, -0.15) is 0 Å². The number of phenolic OH excluding ortho intramolecular Hbond substituents is 3. The summed E-state index contributed by atoms with van der Waals surface area (Å²) in [6.45, 7) is -2.31. The van der Waals surface area contributed by atoms with Gasteiger partial charge >= 0.3 is 5.97 Å². The lowest BCUT2D eigenvalue weighted by Gasteiger charge is -2.44. The summed E-state index contributed by atoms with van der Waals surface area (Å²) in [6.07, 6.45) is -27.0. The molecular weight excluding hydrogens is 902 g/mol. The summed E-state index contributed by atoms with van der Waals surface area (Å²) in [7, 11) is 0. The van der Waals surface area contributed by atoms with Crippen molar-refractivity contribution < 1.29 is 114 Å². The van der Waals surface area contributed by atoms with Crippen molar-refractivity contribution >= 4 is 28.5 Å². The molecule has 3 saturated heterocycles. The Morgan fingerprint density at radius 3 is 2.21 bits per heavy atom. The highest BCUT2D eigenvalue weighted by Crippen LogP contribution is 2.42. The number of esters is 1. The van der Waals surface area contributed by atoms with Gasteiger partial charge in [0.1, 0.15) is 90.1 Å². The summed E-state index contributed by atoms with van der Waals surface area (Å²) in [5.41, 5.74) is -3.76. The fraction of sp³-hybridized carbons (Fsp3) is 0.452. The van der Waals surface area contributed by atoms with Gasteiger partial charge in [-0.05, 0) is 24.3 Å². The zero-order valence-corrected chi connectivity index (χ0v) is 34.4. The SMILES string of the molecule is O=C(CC1(O)C(=O)Nc2ccccc21)OCC1OC(Oc2cc(-c3oc4cc(O)cc(O)c4c(=O)c3OC3OC(CO)C(O)C(O)C3OC3OCC(O)C(O)C3O)ccc2O)C(O)C(O)C1O. The van der Waals surface area contributed by atoms with Crippen LogP contribution in [0, 0.1) is 0 Å². The number of hydrogen-bond donors (Lipinski definition) is 14. The predicted octanol–water partition coefficient (Wildman–Crippen LogP) is -3.82. The first kappa shape index (κ1) is 47.7. The molecule has 0 radical (unpaired) electrons. The third kappa shape index (κ3) is 8.94. The maximum absolute atomic E-state index is 14.3. The number of amides is 1. The monoisotopic (exact) mass is 947 g/mol. The molecule has 1 amide bonds. The van der Waals surface area contributed by atoms with Gasteiger partial charge in [0.15, 0.2) is 35.3 Å². The van der Waals surface area contributed by atoms with E-state index in [2.05, 4.69) is 5.32 Å². The molecule has 14 N–H and O–H groups in total. The minimum absolute atomic E-state index is 0.113. The second-order valence-corrected chi connectivity index (χ2v) is 16.1. The van der Waals surface area contributed by atoms with Gasteiger partial charge in [-0.15, -0.1) is 0 Å². The molecule has 0 spiro atoms. The molecule has 3 aromatic carbocycles. The first-order valence-electron chi connectivity index (χ1n) is 20.4. The predicted molar refractivity (Wildman–Crippen MR) is 216 cm³/mol. The van der Waals surface area contributed by atoms with Crippen molar-refractivity contribution in [2.45, 2.75) is 98.0 Å². The van der Waals surface area contributed by atoms with Gasteiger partial charge in [0.25, 0.3) is 5.91 Å². The molecule has 25 nitrogen and oxygen atoms in total. The fourth-order valence-corrected chi connectivity index (χ4v) is 7.97. The minimum atomic E-state index is -2.30. The van der Waals surface area contributed by atoms with Gasteiger partial charge in [0.05, 0.1) is 19.6 Å². The molecule has 3 fully saturated rings. The number of hydrogen-bond acceptors (Lipinski definition) is 24. The summed E-state index contributed by atoms with van der Waals surface area (Å²) in [5, 5.41) is 140. The van der Waals surface area contributed by atoms with Crippen molar-refractivity contribution in [3.8, 4) is 40.1 Å². The third-order valence-corrected chi connectivity index (χ3v) is 11.7. The Labute approximate surface area is 375 Å². The summed E-state index contributed by atoms with van der Waals surface area (Å²) in [4.78, 5) is 39.8. The van der Waals surface area contributed by atoms with Crippen LogP contribution < -0.4 is 20.2 Å². The highest BCUT2D eigenvalue weighted by atomic mass is 16.8. The number of anilines is 1. The topological polar surface area (TPSA) is 404 Å². The van der Waals surface area contributed by atoms with Gasteiger partial charge < -0.3 is 109 Å². The van der Waals surface area contributed by atoms with Crippen molar-refractivity contribution in [3.63, 3.8) is 0 Å². The van der Waals surface area contributed by atoms with E-state index in [4.69, 9.17) is 37.6 Å². The van der Waals surface area contributed by atoms with Gasteiger partial charge in [-0.25, -0.2) is 0 Å². The zero-order chi connectivity index (χ0) is 48.2. The smallest absolute Gasteiger partial charge is 0.309 e. The molecule has 362 valence electrons. The van der Waals surface area contributed by atoms with E-state index in [1.54, 1.807) is 6.07 Å². The number of para-hydroxylation sites is 1. The quantitative estimate of drug-likeness (QED) is 0.0605. The lowest BCUT2D eigenvalue weighted by molar-refractivity contribution is -0.345. The Morgan fingerprint density at radius 2 is 1.46 bits per heavy atom. The first-order valence-corrected chi connectivity index (χ1v) is 20.4. The molecule has 4 aliphatic rings. The molecule has 4 aliphatic heterocycles. The number of rotatable bonds is 12. The van der Waals surface area contributed by atoms with Crippen molar-refractivity contribution in [1.82, 2.24) is 0 Å². The molecule has 25 heteroatoms. The van der Waals surface area contributed by atoms with Gasteiger partial charge in [-0.1, -0.05) is 18.2 Å². The van der Waals surface area contributed by atoms with E-state index >= 15 is 0 Å². The number of ether oxygens (including phenoxy) is 7. The largest absolute Gasteiger partial charge is 0.508 e. The third-order valence-electron chi connectivity index (χ3n) is 11.7. The van der Waals surface area contributed by atoms with Crippen LogP contribution in [-0.4, -0.2) is 184 Å². The Balaban J connectivity index is 1.08. The van der Waals surface area contributed by atoms with E-state index in [0.29, 0.717) is 0 Å². The highest BCUT2D eigenvalue weighted by molar-refractivity contribution is 6.06. The van der Waals surface area contributed by atoms with E-state index < -0.39 is 181 Å². The van der Waals surface area contributed by atoms with Crippen molar-refractivity contribution in [1.29, 1.82) is 0 Å². The number of benzene rings is 3. The molecule has 4 aromatic rings. The number of carbonyl (C=O) groups is 2. The number of phenols is 3. The average Bonchev–Trinajstić information content (AvgIpc) is 3.54. The van der Waals surface area contributed by atoms with Crippen LogP contribution in [0.4, 0.5) is 5.69 Å². The van der Waals surface area contributed by atoms with Crippen LogP contribution in [-0.2, 0) is 38.9 Å². The summed E-state index contributed by atoms with van der Waals surface area (Å²) >= 11 is 0. The van der Waals surface area contributed by atoms with Crippen LogP contribution in [0.25, 0.3) is 22.3 Å². The molecule has 5 heterocycles. The fourth-order valence-electron chi connectivity index (χ4n) is 7.97. The maximum Gasteiger partial charge on any atom is 0.309 e. The lowest BCUT2D eigenvalue weighted by Crippen LogP contribution is -2.64. The molecule has 8 rings (SSSR count). The van der Waals surface area contributed by atoms with E-state index in [1.807, 2.05) is 0 Å². The maximum atomic E-state index is 14.3. The van der Waals surface area contributed by atoms with Crippen LogP contribution in [0.5, 0.6) is 28.7 Å². The Hall–Kier alpha value is -5.75. The normalized spacial score (nSPS) is 34.0. The number of aromatic hydroxyl groups is 3. The van der Waals surface area contributed by atoms with Gasteiger partial charge in [-0.3, -0.25) is 14.4 Å². The number of nitrogens with one attached hydrogen (secondary N) is 1. The second-order valence-electron chi connectivity index (χ2n) is 16.1. The van der Waals surface area contributed by atoms with Gasteiger partial charge in [0, 0.05) is 28.9 Å². The molecule has 0 aliphatic carbocycles. The molecule has 67 heavy (non-hydrogen) atoms. The van der Waals surface area contributed by atoms with Crippen molar-refractivity contribution in [2.75, 3.05) is 25.1 Å². The van der Waals surface area contributed by atoms with Crippen LogP contribution >= 0.6 is 0 Å². The van der Waals surface area contributed by atoms with Crippen LogP contribution in [0.1, 0.15) is 12.0 Å².